The summed E-state index contributed by atoms with van der Waals surface area (Å²) >= 11 is 0. The van der Waals surface area contributed by atoms with Crippen molar-refractivity contribution in [1.82, 2.24) is 4.98 Å². The minimum Gasteiger partial charge on any atom is -0.481 e. The molecule has 0 saturated carbocycles. The standard InChI is InChI=1S/C15H14N4O5/c1-23-14(20)10-24-13-7-3-2-5-11(13)9-17-18-15-12(19(21)22)6-4-8-16-15/h2-9H,10H2,1H3,(H,16,18)/b17-9-. The molecule has 0 aliphatic heterocycles. The minimum atomic E-state index is -0.557. The fraction of sp³-hybridized carbons (Fsp3) is 0.133. The molecule has 0 atom stereocenters. The summed E-state index contributed by atoms with van der Waals surface area (Å²) < 4.78 is 9.84. The smallest absolute Gasteiger partial charge is 0.343 e. The van der Waals surface area contributed by atoms with Gasteiger partial charge in [-0.15, -0.1) is 0 Å². The number of nitrogens with one attached hydrogen (secondary N) is 1. The number of nitro groups is 1. The molecule has 1 aromatic carbocycles. The molecule has 1 heterocycles. The summed E-state index contributed by atoms with van der Waals surface area (Å²) in [7, 11) is 1.27. The number of benzene rings is 1. The number of nitrogens with zero attached hydrogens (tertiary/aromatic N) is 3. The molecule has 0 spiro atoms. The van der Waals surface area contributed by atoms with E-state index in [9.17, 15) is 14.9 Å². The number of methoxy groups -OCH3 is 1. The average Bonchev–Trinajstić information content (AvgIpc) is 2.60. The molecule has 0 fully saturated rings. The molecule has 0 aliphatic carbocycles. The van der Waals surface area contributed by atoms with Crippen LogP contribution in [0.2, 0.25) is 0 Å². The molecule has 0 aliphatic rings. The second kappa shape index (κ2) is 8.22. The first kappa shape index (κ1) is 16.9. The molecule has 24 heavy (non-hydrogen) atoms. The highest BCUT2D eigenvalue weighted by atomic mass is 16.6. The quantitative estimate of drug-likeness (QED) is 0.357. The molecule has 0 amide bonds. The molecule has 1 N–H and O–H groups in total. The molecular formula is C15H14N4O5. The fourth-order valence-electron chi connectivity index (χ4n) is 1.71. The molecule has 9 nitrogen and oxygen atoms in total. The van der Waals surface area contributed by atoms with Gasteiger partial charge >= 0.3 is 11.7 Å². The van der Waals surface area contributed by atoms with Crippen LogP contribution >= 0.6 is 0 Å². The maximum atomic E-state index is 11.1. The van der Waals surface area contributed by atoms with Crippen molar-refractivity contribution in [2.75, 3.05) is 19.1 Å². The third kappa shape index (κ3) is 4.50. The van der Waals surface area contributed by atoms with Crippen molar-refractivity contribution in [2.24, 2.45) is 5.10 Å². The summed E-state index contributed by atoms with van der Waals surface area (Å²) in [6, 6.07) is 9.65. The summed E-state index contributed by atoms with van der Waals surface area (Å²) in [5.74, 6) is -0.0698. The van der Waals surface area contributed by atoms with Gasteiger partial charge in [0.1, 0.15) is 5.75 Å². The highest BCUT2D eigenvalue weighted by molar-refractivity contribution is 5.84. The average molecular weight is 330 g/mol. The predicted octanol–water partition coefficient (Wildman–Crippen LogP) is 1.99. The van der Waals surface area contributed by atoms with Gasteiger partial charge in [0.25, 0.3) is 0 Å². The van der Waals surface area contributed by atoms with Crippen molar-refractivity contribution in [3.05, 3.63) is 58.3 Å². The monoisotopic (exact) mass is 330 g/mol. The van der Waals surface area contributed by atoms with Crippen LogP contribution in [-0.2, 0) is 9.53 Å². The predicted molar refractivity (Wildman–Crippen MR) is 86.1 cm³/mol. The van der Waals surface area contributed by atoms with Crippen molar-refractivity contribution in [2.45, 2.75) is 0 Å². The molecular weight excluding hydrogens is 316 g/mol. The Morgan fingerprint density at radius 2 is 2.17 bits per heavy atom. The first-order chi connectivity index (χ1) is 11.6. The zero-order chi connectivity index (χ0) is 17.4. The lowest BCUT2D eigenvalue weighted by Gasteiger charge is -2.07. The molecule has 2 aromatic rings. The fourth-order valence-corrected chi connectivity index (χ4v) is 1.71. The Labute approximate surface area is 137 Å². The number of rotatable bonds is 7. The van der Waals surface area contributed by atoms with E-state index >= 15 is 0 Å². The van der Waals surface area contributed by atoms with Gasteiger partial charge in [0.15, 0.2) is 6.61 Å². The molecule has 0 saturated heterocycles. The number of ether oxygens (including phenoxy) is 2. The van der Waals surface area contributed by atoms with Crippen molar-refractivity contribution >= 4 is 23.7 Å². The van der Waals surface area contributed by atoms with Crippen LogP contribution in [0.3, 0.4) is 0 Å². The van der Waals surface area contributed by atoms with Crippen LogP contribution in [0.4, 0.5) is 11.5 Å². The van der Waals surface area contributed by atoms with Gasteiger partial charge in [-0.2, -0.15) is 5.10 Å². The normalized spacial score (nSPS) is 10.4. The number of hydrazone groups is 1. The number of para-hydroxylation sites is 1. The first-order valence-electron chi connectivity index (χ1n) is 6.79. The molecule has 0 unspecified atom stereocenters. The Bertz CT molecular complexity index is 763. The van der Waals surface area contributed by atoms with E-state index < -0.39 is 10.9 Å². The number of carbonyl (C=O) groups is 1. The van der Waals surface area contributed by atoms with Crippen molar-refractivity contribution in [3.8, 4) is 5.75 Å². The second-order valence-corrected chi connectivity index (χ2v) is 4.40. The van der Waals surface area contributed by atoms with Crippen LogP contribution < -0.4 is 10.2 Å². The minimum absolute atomic E-state index is 0.0201. The molecule has 9 heteroatoms. The van der Waals surface area contributed by atoms with Gasteiger partial charge in [-0.1, -0.05) is 12.1 Å². The number of carbonyl (C=O) groups excluding carboxylic acids is 1. The Kier molecular flexibility index (Phi) is 5.78. The van der Waals surface area contributed by atoms with Gasteiger partial charge in [-0.05, 0) is 18.2 Å². The van der Waals surface area contributed by atoms with E-state index in [-0.39, 0.29) is 18.1 Å². The van der Waals surface area contributed by atoms with Gasteiger partial charge in [-0.3, -0.25) is 15.5 Å². The summed E-state index contributed by atoms with van der Waals surface area (Å²) in [5.41, 5.74) is 2.90. The molecule has 124 valence electrons. The van der Waals surface area contributed by atoms with E-state index in [1.54, 1.807) is 24.3 Å². The lowest BCUT2D eigenvalue weighted by molar-refractivity contribution is -0.384. The Hall–Kier alpha value is -3.49. The number of hydrogen-bond acceptors (Lipinski definition) is 8. The van der Waals surface area contributed by atoms with Crippen molar-refractivity contribution in [1.29, 1.82) is 0 Å². The second-order valence-electron chi connectivity index (χ2n) is 4.40. The number of esters is 1. The lowest BCUT2D eigenvalue weighted by Crippen LogP contribution is -2.13. The lowest BCUT2D eigenvalue weighted by atomic mass is 10.2. The van der Waals surface area contributed by atoms with Crippen LogP contribution in [0.15, 0.2) is 47.7 Å². The number of pyridine rings is 1. The number of aromatic nitrogens is 1. The van der Waals surface area contributed by atoms with Crippen LogP contribution in [0.25, 0.3) is 0 Å². The van der Waals surface area contributed by atoms with Crippen LogP contribution in [0.1, 0.15) is 5.56 Å². The van der Waals surface area contributed by atoms with Gasteiger partial charge in [0, 0.05) is 17.8 Å². The van der Waals surface area contributed by atoms with E-state index in [4.69, 9.17) is 4.74 Å². The summed E-state index contributed by atoms with van der Waals surface area (Å²) in [5, 5.41) is 14.8. The largest absolute Gasteiger partial charge is 0.481 e. The van der Waals surface area contributed by atoms with Crippen LogP contribution in [0.5, 0.6) is 5.75 Å². The highest BCUT2D eigenvalue weighted by Gasteiger charge is 2.13. The third-order valence-electron chi connectivity index (χ3n) is 2.85. The van der Waals surface area contributed by atoms with E-state index in [1.165, 1.54) is 31.7 Å². The summed E-state index contributed by atoms with van der Waals surface area (Å²) in [6.07, 6.45) is 2.82. The van der Waals surface area contributed by atoms with E-state index in [1.807, 2.05) is 0 Å². The van der Waals surface area contributed by atoms with Gasteiger partial charge in [-0.25, -0.2) is 9.78 Å². The summed E-state index contributed by atoms with van der Waals surface area (Å²) in [6.45, 7) is -0.236. The van der Waals surface area contributed by atoms with Crippen molar-refractivity contribution in [3.63, 3.8) is 0 Å². The first-order valence-corrected chi connectivity index (χ1v) is 6.79. The zero-order valence-corrected chi connectivity index (χ0v) is 12.7. The highest BCUT2D eigenvalue weighted by Crippen LogP contribution is 2.20. The zero-order valence-electron chi connectivity index (χ0n) is 12.7. The van der Waals surface area contributed by atoms with E-state index in [0.717, 1.165) is 0 Å². The summed E-state index contributed by atoms with van der Waals surface area (Å²) in [4.78, 5) is 25.3. The molecule has 2 rings (SSSR count). The Morgan fingerprint density at radius 3 is 2.92 bits per heavy atom. The Morgan fingerprint density at radius 1 is 1.38 bits per heavy atom. The number of hydrogen-bond donors (Lipinski definition) is 1. The van der Waals surface area contributed by atoms with Gasteiger partial charge in [0.2, 0.25) is 5.82 Å². The van der Waals surface area contributed by atoms with Gasteiger partial charge in [0.05, 0.1) is 18.2 Å². The topological polar surface area (TPSA) is 116 Å². The van der Waals surface area contributed by atoms with E-state index in [2.05, 4.69) is 20.2 Å². The van der Waals surface area contributed by atoms with Crippen LogP contribution in [-0.4, -0.2) is 35.8 Å². The molecule has 0 bridgehead atoms. The maximum Gasteiger partial charge on any atom is 0.343 e. The van der Waals surface area contributed by atoms with Crippen LogP contribution in [0, 0.1) is 10.1 Å². The molecule has 0 radical (unpaired) electrons. The molecule has 1 aromatic heterocycles. The van der Waals surface area contributed by atoms with E-state index in [0.29, 0.717) is 11.3 Å². The maximum absolute atomic E-state index is 11.1. The van der Waals surface area contributed by atoms with Crippen molar-refractivity contribution < 1.29 is 19.2 Å². The third-order valence-corrected chi connectivity index (χ3v) is 2.85. The SMILES string of the molecule is COC(=O)COc1ccccc1/C=N\Nc1ncccc1[N+](=O)[O-]. The Balaban J connectivity index is 2.10. The number of anilines is 1. The van der Waals surface area contributed by atoms with Gasteiger partial charge < -0.3 is 9.47 Å².